The fraction of sp³-hybridized carbons (Fsp3) is 0.800. The van der Waals surface area contributed by atoms with Crippen LogP contribution in [0.1, 0.15) is 34.6 Å². The lowest BCUT2D eigenvalue weighted by molar-refractivity contribution is -0.125. The van der Waals surface area contributed by atoms with Crippen molar-refractivity contribution in [1.29, 1.82) is 0 Å². The molecule has 0 aliphatic carbocycles. The van der Waals surface area contributed by atoms with Crippen LogP contribution in [0.15, 0.2) is 0 Å². The molecule has 0 spiro atoms. The molecule has 0 aromatic carbocycles. The van der Waals surface area contributed by atoms with Crippen molar-refractivity contribution in [3.05, 3.63) is 0 Å². The van der Waals surface area contributed by atoms with Gasteiger partial charge in [-0.05, 0) is 19.8 Å². The minimum atomic E-state index is -0.0103. The van der Waals surface area contributed by atoms with E-state index in [4.69, 9.17) is 0 Å². The fourth-order valence-electron chi connectivity index (χ4n) is 1.17. The van der Waals surface area contributed by atoms with Gasteiger partial charge in [-0.1, -0.05) is 20.8 Å². The van der Waals surface area contributed by atoms with Crippen molar-refractivity contribution in [3.8, 4) is 0 Å². The molecule has 0 N–H and O–H groups in total. The Morgan fingerprint density at radius 2 is 1.08 bits per heavy atom. The van der Waals surface area contributed by atoms with Gasteiger partial charge < -0.3 is 0 Å². The third-order valence-corrected chi connectivity index (χ3v) is 2.86. The molecule has 0 saturated carbocycles. The average molecular weight is 170 g/mol. The number of carbonyl (C=O) groups excluding carboxylic acids is 2. The van der Waals surface area contributed by atoms with E-state index in [2.05, 4.69) is 0 Å². The molecule has 0 aliphatic rings. The summed E-state index contributed by atoms with van der Waals surface area (Å²) in [6.07, 6.45) is 0. The van der Waals surface area contributed by atoms with Gasteiger partial charge in [0.05, 0.1) is 0 Å². The maximum Gasteiger partial charge on any atom is 0.132 e. The lowest BCUT2D eigenvalue weighted by Gasteiger charge is -2.21. The zero-order valence-electron chi connectivity index (χ0n) is 8.55. The van der Waals surface area contributed by atoms with Gasteiger partial charge in [-0.15, -0.1) is 0 Å². The maximum absolute atomic E-state index is 11.0. The van der Waals surface area contributed by atoms with E-state index in [1.807, 2.05) is 20.8 Å². The van der Waals surface area contributed by atoms with E-state index in [0.29, 0.717) is 0 Å². The number of hydrogen-bond acceptors (Lipinski definition) is 2. The van der Waals surface area contributed by atoms with Crippen molar-refractivity contribution in [2.24, 2.45) is 17.8 Å². The molecule has 2 heteroatoms. The molecular weight excluding hydrogens is 152 g/mol. The molecule has 0 radical (unpaired) electrons. The summed E-state index contributed by atoms with van der Waals surface area (Å²) in [5, 5.41) is 0. The highest BCUT2D eigenvalue weighted by molar-refractivity contribution is 5.81. The fourth-order valence-corrected chi connectivity index (χ4v) is 1.17. The number of Topliss-reactive ketones (excluding diaryl/α,β-unsaturated/α-hetero) is 2. The van der Waals surface area contributed by atoms with Gasteiger partial charge in [-0.3, -0.25) is 9.59 Å². The van der Waals surface area contributed by atoms with E-state index in [1.54, 1.807) is 13.8 Å². The largest absolute Gasteiger partial charge is 0.300 e. The molecule has 12 heavy (non-hydrogen) atoms. The van der Waals surface area contributed by atoms with Crippen LogP contribution in [0.4, 0.5) is 0 Å². The van der Waals surface area contributed by atoms with Crippen LogP contribution < -0.4 is 0 Å². The summed E-state index contributed by atoms with van der Waals surface area (Å²) in [7, 11) is 0. The van der Waals surface area contributed by atoms with Crippen LogP contribution in [0, 0.1) is 17.8 Å². The molecule has 2 unspecified atom stereocenters. The molecule has 70 valence electrons. The van der Waals surface area contributed by atoms with E-state index < -0.39 is 0 Å². The van der Waals surface area contributed by atoms with Crippen molar-refractivity contribution in [3.63, 3.8) is 0 Å². The third kappa shape index (κ3) is 2.76. The first-order valence-corrected chi connectivity index (χ1v) is 4.38. The molecular formula is C10H18O2. The predicted octanol–water partition coefficient (Wildman–Crippen LogP) is 2.07. The molecule has 0 aliphatic heterocycles. The van der Waals surface area contributed by atoms with Crippen LogP contribution in [-0.2, 0) is 9.59 Å². The SMILES string of the molecule is CC(=O)C(C)C(C)C(C)C(C)=O. The summed E-state index contributed by atoms with van der Waals surface area (Å²) in [6, 6.07) is 0. The smallest absolute Gasteiger partial charge is 0.132 e. The van der Waals surface area contributed by atoms with Crippen molar-refractivity contribution in [1.82, 2.24) is 0 Å². The first-order chi connectivity index (χ1) is 5.37. The maximum atomic E-state index is 11.0. The normalized spacial score (nSPS) is 18.1. The van der Waals surface area contributed by atoms with Gasteiger partial charge in [-0.2, -0.15) is 0 Å². The van der Waals surface area contributed by atoms with Crippen molar-refractivity contribution >= 4 is 11.6 Å². The summed E-state index contributed by atoms with van der Waals surface area (Å²) in [5.41, 5.74) is 0. The van der Waals surface area contributed by atoms with Crippen LogP contribution in [0.5, 0.6) is 0 Å². The summed E-state index contributed by atoms with van der Waals surface area (Å²) in [6.45, 7) is 8.87. The van der Waals surface area contributed by atoms with E-state index in [0.717, 1.165) is 0 Å². The first-order valence-electron chi connectivity index (χ1n) is 4.38. The van der Waals surface area contributed by atoms with Crippen molar-refractivity contribution in [2.45, 2.75) is 34.6 Å². The van der Waals surface area contributed by atoms with Crippen LogP contribution in [0.25, 0.3) is 0 Å². The van der Waals surface area contributed by atoms with Gasteiger partial charge >= 0.3 is 0 Å². The third-order valence-electron chi connectivity index (χ3n) is 2.86. The summed E-state index contributed by atoms with van der Waals surface area (Å²) < 4.78 is 0. The number of carbonyl (C=O) groups is 2. The molecule has 2 atom stereocenters. The molecule has 0 saturated heterocycles. The lowest BCUT2D eigenvalue weighted by Crippen LogP contribution is -2.26. The van der Waals surface area contributed by atoms with Crippen LogP contribution >= 0.6 is 0 Å². The summed E-state index contributed by atoms with van der Waals surface area (Å²) in [4.78, 5) is 22.0. The molecule has 0 amide bonds. The van der Waals surface area contributed by atoms with Crippen LogP contribution in [0.2, 0.25) is 0 Å². The molecule has 0 aromatic heterocycles. The van der Waals surface area contributed by atoms with Gasteiger partial charge in [0.1, 0.15) is 11.6 Å². The molecule has 0 bridgehead atoms. The molecule has 0 fully saturated rings. The number of hydrogen-bond donors (Lipinski definition) is 0. The van der Waals surface area contributed by atoms with Gasteiger partial charge in [-0.25, -0.2) is 0 Å². The first kappa shape index (κ1) is 11.3. The average Bonchev–Trinajstić information content (AvgIpc) is 2.00. The van der Waals surface area contributed by atoms with E-state index in [1.165, 1.54) is 0 Å². The zero-order chi connectivity index (χ0) is 9.89. The topological polar surface area (TPSA) is 34.1 Å². The minimum Gasteiger partial charge on any atom is -0.300 e. The quantitative estimate of drug-likeness (QED) is 0.647. The van der Waals surface area contributed by atoms with E-state index in [-0.39, 0.29) is 29.3 Å². The Morgan fingerprint density at radius 1 is 0.833 bits per heavy atom. The lowest BCUT2D eigenvalue weighted by atomic mass is 9.81. The number of rotatable bonds is 4. The molecule has 0 rings (SSSR count). The standard InChI is InChI=1S/C10H18O2/c1-6(7(2)9(4)11)8(3)10(5)12/h6-8H,1-5H3. The van der Waals surface area contributed by atoms with Gasteiger partial charge in [0.15, 0.2) is 0 Å². The Labute approximate surface area is 74.3 Å². The highest BCUT2D eigenvalue weighted by atomic mass is 16.1. The van der Waals surface area contributed by atoms with Crippen LogP contribution in [0.3, 0.4) is 0 Å². The Balaban J connectivity index is 4.28. The second-order valence-corrected chi connectivity index (χ2v) is 3.66. The van der Waals surface area contributed by atoms with Crippen molar-refractivity contribution in [2.75, 3.05) is 0 Å². The zero-order valence-corrected chi connectivity index (χ0v) is 8.55. The summed E-state index contributed by atoms with van der Waals surface area (Å²) >= 11 is 0. The van der Waals surface area contributed by atoms with Crippen LogP contribution in [-0.4, -0.2) is 11.6 Å². The Hall–Kier alpha value is -0.660. The Morgan fingerprint density at radius 3 is 1.25 bits per heavy atom. The second kappa shape index (κ2) is 4.39. The van der Waals surface area contributed by atoms with Gasteiger partial charge in [0.2, 0.25) is 0 Å². The molecule has 0 heterocycles. The number of ketones is 2. The van der Waals surface area contributed by atoms with Gasteiger partial charge in [0, 0.05) is 11.8 Å². The van der Waals surface area contributed by atoms with E-state index in [9.17, 15) is 9.59 Å². The minimum absolute atomic E-state index is 0.0103. The monoisotopic (exact) mass is 170 g/mol. The van der Waals surface area contributed by atoms with Gasteiger partial charge in [0.25, 0.3) is 0 Å². The predicted molar refractivity (Wildman–Crippen MR) is 48.9 cm³/mol. The summed E-state index contributed by atoms with van der Waals surface area (Å²) in [5.74, 6) is 0.457. The highest BCUT2D eigenvalue weighted by Gasteiger charge is 2.24. The van der Waals surface area contributed by atoms with E-state index >= 15 is 0 Å². The molecule has 0 aromatic rings. The Bertz CT molecular complexity index is 164. The Kier molecular flexibility index (Phi) is 4.15. The molecule has 2 nitrogen and oxygen atoms in total. The second-order valence-electron chi connectivity index (χ2n) is 3.66. The highest BCUT2D eigenvalue weighted by Crippen LogP contribution is 2.21. The van der Waals surface area contributed by atoms with Crippen molar-refractivity contribution < 1.29 is 9.59 Å².